The van der Waals surface area contributed by atoms with Gasteiger partial charge in [-0.15, -0.1) is 0 Å². The van der Waals surface area contributed by atoms with E-state index in [-0.39, 0.29) is 5.56 Å². The molecule has 1 aromatic heterocycles. The van der Waals surface area contributed by atoms with E-state index < -0.39 is 30.1 Å². The van der Waals surface area contributed by atoms with Gasteiger partial charge in [0.05, 0.1) is 0 Å². The number of para-hydroxylation sites is 1. The Morgan fingerprint density at radius 1 is 1.26 bits per heavy atom. The fourth-order valence-corrected chi connectivity index (χ4v) is 2.72. The third-order valence-electron chi connectivity index (χ3n) is 3.85. The SMILES string of the molecule is O=C(O)C(c1c[nH]c2ccccc12)N(C(=O)C(F)(F)F)C1CC1. The smallest absolute Gasteiger partial charge is 0.471 e. The predicted octanol–water partition coefficient (Wildman–Crippen LogP) is 2.85. The zero-order chi connectivity index (χ0) is 16.8. The summed E-state index contributed by atoms with van der Waals surface area (Å²) in [6.07, 6.45) is -3.02. The normalized spacial score (nSPS) is 16.3. The van der Waals surface area contributed by atoms with E-state index in [4.69, 9.17) is 0 Å². The molecule has 0 saturated heterocycles. The minimum atomic E-state index is -5.11. The van der Waals surface area contributed by atoms with Crippen molar-refractivity contribution in [2.75, 3.05) is 0 Å². The van der Waals surface area contributed by atoms with Gasteiger partial charge in [0.15, 0.2) is 6.04 Å². The van der Waals surface area contributed by atoms with Gasteiger partial charge in [0.1, 0.15) is 0 Å². The van der Waals surface area contributed by atoms with E-state index in [1.807, 2.05) is 0 Å². The van der Waals surface area contributed by atoms with Crippen LogP contribution in [0.2, 0.25) is 0 Å². The van der Waals surface area contributed by atoms with Crippen LogP contribution in [0, 0.1) is 0 Å². The second-order valence-corrected chi connectivity index (χ2v) is 5.47. The molecule has 1 aromatic carbocycles. The highest BCUT2D eigenvalue weighted by atomic mass is 19.4. The lowest BCUT2D eigenvalue weighted by Gasteiger charge is -2.29. The molecule has 5 nitrogen and oxygen atoms in total. The quantitative estimate of drug-likeness (QED) is 0.907. The predicted molar refractivity (Wildman–Crippen MR) is 74.6 cm³/mol. The van der Waals surface area contributed by atoms with Crippen molar-refractivity contribution in [3.63, 3.8) is 0 Å². The average Bonchev–Trinajstić information content (AvgIpc) is 3.23. The van der Waals surface area contributed by atoms with Crippen LogP contribution in [0.25, 0.3) is 10.9 Å². The monoisotopic (exact) mass is 326 g/mol. The van der Waals surface area contributed by atoms with Crippen LogP contribution in [0.15, 0.2) is 30.5 Å². The Morgan fingerprint density at radius 3 is 2.48 bits per heavy atom. The van der Waals surface area contributed by atoms with Gasteiger partial charge < -0.3 is 15.0 Å². The first kappa shape index (κ1) is 15.4. The third-order valence-corrected chi connectivity index (χ3v) is 3.85. The Balaban J connectivity index is 2.10. The molecule has 1 unspecified atom stereocenters. The molecule has 0 aliphatic heterocycles. The summed E-state index contributed by atoms with van der Waals surface area (Å²) in [7, 11) is 0. The lowest BCUT2D eigenvalue weighted by Crippen LogP contribution is -2.47. The molecule has 1 saturated carbocycles. The first-order chi connectivity index (χ1) is 10.8. The molecule has 1 fully saturated rings. The number of halogens is 3. The zero-order valence-corrected chi connectivity index (χ0v) is 11.8. The van der Waals surface area contributed by atoms with Crippen molar-refractivity contribution in [1.29, 1.82) is 0 Å². The van der Waals surface area contributed by atoms with Crippen molar-refractivity contribution in [2.45, 2.75) is 31.1 Å². The van der Waals surface area contributed by atoms with E-state index in [9.17, 15) is 27.9 Å². The number of carboxylic acids is 1. The second kappa shape index (κ2) is 5.29. The molecule has 0 bridgehead atoms. The van der Waals surface area contributed by atoms with Gasteiger partial charge in [-0.3, -0.25) is 4.79 Å². The zero-order valence-electron chi connectivity index (χ0n) is 11.8. The Hall–Kier alpha value is -2.51. The first-order valence-electron chi connectivity index (χ1n) is 6.99. The van der Waals surface area contributed by atoms with Crippen LogP contribution in [0.5, 0.6) is 0 Å². The number of carbonyl (C=O) groups is 2. The highest BCUT2D eigenvalue weighted by Gasteiger charge is 2.51. The maximum absolute atomic E-state index is 12.9. The fourth-order valence-electron chi connectivity index (χ4n) is 2.72. The van der Waals surface area contributed by atoms with Gasteiger partial charge in [0.25, 0.3) is 0 Å². The number of H-pyrrole nitrogens is 1. The second-order valence-electron chi connectivity index (χ2n) is 5.47. The number of aliphatic carboxylic acids is 1. The number of nitrogens with one attached hydrogen (secondary N) is 1. The number of benzene rings is 1. The molecule has 1 heterocycles. The van der Waals surface area contributed by atoms with E-state index in [1.165, 1.54) is 6.20 Å². The number of amides is 1. The van der Waals surface area contributed by atoms with Crippen molar-refractivity contribution >= 4 is 22.8 Å². The molecule has 0 spiro atoms. The summed E-state index contributed by atoms with van der Waals surface area (Å²) < 4.78 is 38.6. The van der Waals surface area contributed by atoms with Gasteiger partial charge in [-0.2, -0.15) is 13.2 Å². The number of alkyl halides is 3. The largest absolute Gasteiger partial charge is 0.479 e. The van der Waals surface area contributed by atoms with Gasteiger partial charge >= 0.3 is 18.1 Å². The fraction of sp³-hybridized carbons (Fsp3) is 0.333. The van der Waals surface area contributed by atoms with Crippen LogP contribution in [0.3, 0.4) is 0 Å². The minimum absolute atomic E-state index is 0.151. The number of fused-ring (bicyclic) bond motifs is 1. The molecule has 8 heteroatoms. The summed E-state index contributed by atoms with van der Waals surface area (Å²) in [6.45, 7) is 0. The van der Waals surface area contributed by atoms with Crippen LogP contribution >= 0.6 is 0 Å². The van der Waals surface area contributed by atoms with Gasteiger partial charge in [0, 0.05) is 28.7 Å². The van der Waals surface area contributed by atoms with E-state index >= 15 is 0 Å². The van der Waals surface area contributed by atoms with Crippen molar-refractivity contribution in [1.82, 2.24) is 9.88 Å². The molecular formula is C15H13F3N2O3. The average molecular weight is 326 g/mol. The third kappa shape index (κ3) is 2.76. The Labute approximate surface area is 128 Å². The summed E-state index contributed by atoms with van der Waals surface area (Å²) in [5.41, 5.74) is 0.751. The highest BCUT2D eigenvalue weighted by Crippen LogP contribution is 2.39. The van der Waals surface area contributed by atoms with Crippen molar-refractivity contribution in [3.8, 4) is 0 Å². The number of carbonyl (C=O) groups excluding carboxylic acids is 1. The summed E-state index contributed by atoms with van der Waals surface area (Å²) in [5, 5.41) is 9.98. The Bertz CT molecular complexity index is 765. The lowest BCUT2D eigenvalue weighted by molar-refractivity contribution is -0.190. The molecule has 2 aromatic rings. The molecular weight excluding hydrogens is 313 g/mol. The number of hydrogen-bond donors (Lipinski definition) is 2. The maximum atomic E-state index is 12.9. The van der Waals surface area contributed by atoms with Gasteiger partial charge in [-0.1, -0.05) is 18.2 Å². The number of nitrogens with zero attached hydrogens (tertiary/aromatic N) is 1. The summed E-state index contributed by atoms with van der Waals surface area (Å²) in [4.78, 5) is 26.7. The highest BCUT2D eigenvalue weighted by molar-refractivity contribution is 5.93. The molecule has 0 radical (unpaired) electrons. The van der Waals surface area contributed by atoms with Gasteiger partial charge in [-0.05, 0) is 18.9 Å². The molecule has 122 valence electrons. The van der Waals surface area contributed by atoms with Crippen LogP contribution < -0.4 is 0 Å². The van der Waals surface area contributed by atoms with E-state index in [2.05, 4.69) is 4.98 Å². The number of rotatable bonds is 4. The van der Waals surface area contributed by atoms with E-state index in [1.54, 1.807) is 24.3 Å². The molecule has 1 aliphatic rings. The number of aromatic amines is 1. The van der Waals surface area contributed by atoms with E-state index in [0.717, 1.165) is 0 Å². The summed E-state index contributed by atoms with van der Waals surface area (Å²) in [6, 6.07) is 4.31. The number of carboxylic acid groups (broad SMARTS) is 1. The Morgan fingerprint density at radius 2 is 1.91 bits per heavy atom. The summed E-state index contributed by atoms with van der Waals surface area (Å²) in [5.74, 6) is -3.60. The van der Waals surface area contributed by atoms with Crippen molar-refractivity contribution in [2.24, 2.45) is 0 Å². The maximum Gasteiger partial charge on any atom is 0.471 e. The number of aromatic nitrogens is 1. The van der Waals surface area contributed by atoms with Gasteiger partial charge in [0.2, 0.25) is 0 Å². The van der Waals surface area contributed by atoms with Crippen molar-refractivity contribution < 1.29 is 27.9 Å². The topological polar surface area (TPSA) is 73.4 Å². The molecule has 1 aliphatic carbocycles. The first-order valence-corrected chi connectivity index (χ1v) is 6.99. The Kier molecular flexibility index (Phi) is 3.54. The van der Waals surface area contributed by atoms with Crippen LogP contribution in [0.1, 0.15) is 24.4 Å². The molecule has 23 heavy (non-hydrogen) atoms. The van der Waals surface area contributed by atoms with Crippen LogP contribution in [-0.2, 0) is 9.59 Å². The molecule has 1 amide bonds. The standard InChI is InChI=1S/C15H13F3N2O3/c16-15(17,18)14(23)20(8-5-6-8)12(13(21)22)10-7-19-11-4-2-1-3-9(10)11/h1-4,7-8,12,19H,5-6H2,(H,21,22). The van der Waals surface area contributed by atoms with E-state index in [0.29, 0.717) is 28.6 Å². The van der Waals surface area contributed by atoms with Crippen LogP contribution in [0.4, 0.5) is 13.2 Å². The lowest BCUT2D eigenvalue weighted by atomic mass is 10.0. The van der Waals surface area contributed by atoms with Crippen LogP contribution in [-0.4, -0.2) is 39.1 Å². The van der Waals surface area contributed by atoms with Crippen molar-refractivity contribution in [3.05, 3.63) is 36.0 Å². The van der Waals surface area contributed by atoms with Gasteiger partial charge in [-0.25, -0.2) is 4.79 Å². The number of hydrogen-bond acceptors (Lipinski definition) is 2. The molecule has 2 N–H and O–H groups in total. The molecule has 3 rings (SSSR count). The summed E-state index contributed by atoms with van der Waals surface area (Å²) >= 11 is 0. The molecule has 1 atom stereocenters. The minimum Gasteiger partial charge on any atom is -0.479 e.